The van der Waals surface area contributed by atoms with Crippen LogP contribution in [0.4, 0.5) is 0 Å². The zero-order valence-electron chi connectivity index (χ0n) is 6.90. The van der Waals surface area contributed by atoms with Crippen molar-refractivity contribution in [3.05, 3.63) is 19.5 Å². The predicted octanol–water partition coefficient (Wildman–Crippen LogP) is 3.17. The van der Waals surface area contributed by atoms with Crippen molar-refractivity contribution >= 4 is 61.1 Å². The molecule has 68 valence electrons. The Balaban J connectivity index is 3.26. The van der Waals surface area contributed by atoms with Crippen LogP contribution in [0, 0.1) is 0 Å². The van der Waals surface area contributed by atoms with Gasteiger partial charge in [-0.3, -0.25) is 0 Å². The van der Waals surface area contributed by atoms with Crippen molar-refractivity contribution in [3.8, 4) is 5.75 Å². The number of ether oxygens (including phenoxy) is 1. The maximum atomic E-state index is 5.84. The van der Waals surface area contributed by atoms with E-state index in [1.54, 1.807) is 0 Å². The molecule has 1 nitrogen and oxygen atoms in total. The molecule has 0 aliphatic rings. The second-order valence-corrected chi connectivity index (χ2v) is 4.83. The number of rotatable bonds is 2. The van der Waals surface area contributed by atoms with Gasteiger partial charge in [0.1, 0.15) is 13.6 Å². The molecular formula is C8H6BBr3O. The molecule has 0 amide bonds. The highest BCUT2D eigenvalue weighted by Crippen LogP contribution is 2.31. The first-order valence-corrected chi connectivity index (χ1v) is 6.01. The first-order valence-electron chi connectivity index (χ1n) is 3.63. The maximum absolute atomic E-state index is 5.84. The lowest BCUT2D eigenvalue weighted by atomic mass is 9.95. The summed E-state index contributed by atoms with van der Waals surface area (Å²) in [6.07, 6.45) is 0. The molecule has 0 aromatic heterocycles. The van der Waals surface area contributed by atoms with Crippen molar-refractivity contribution in [3.63, 3.8) is 0 Å². The van der Waals surface area contributed by atoms with Crippen LogP contribution in [0.5, 0.6) is 5.75 Å². The Morgan fingerprint density at radius 3 is 2.46 bits per heavy atom. The standard InChI is InChI=1S/C8H6BBr3O/c1-2-13-8-5(11)3-4(10)7(12)6(8)9/h3H,2H2,1H3. The number of benzene rings is 1. The molecule has 1 aromatic rings. The highest BCUT2D eigenvalue weighted by atomic mass is 79.9. The molecule has 0 atom stereocenters. The third kappa shape index (κ3) is 2.51. The topological polar surface area (TPSA) is 9.23 Å². The van der Waals surface area contributed by atoms with Gasteiger partial charge in [-0.2, -0.15) is 0 Å². The zero-order chi connectivity index (χ0) is 10.0. The molecule has 0 spiro atoms. The monoisotopic (exact) mass is 366 g/mol. The van der Waals surface area contributed by atoms with Crippen molar-refractivity contribution in [2.24, 2.45) is 0 Å². The van der Waals surface area contributed by atoms with E-state index in [0.29, 0.717) is 17.8 Å². The van der Waals surface area contributed by atoms with E-state index in [2.05, 4.69) is 47.8 Å². The van der Waals surface area contributed by atoms with Gasteiger partial charge in [0.2, 0.25) is 0 Å². The molecule has 2 radical (unpaired) electrons. The van der Waals surface area contributed by atoms with E-state index in [-0.39, 0.29) is 0 Å². The van der Waals surface area contributed by atoms with Gasteiger partial charge >= 0.3 is 0 Å². The Bertz CT molecular complexity index is 328. The third-order valence-corrected chi connectivity index (χ3v) is 4.05. The first-order chi connectivity index (χ1) is 6.07. The summed E-state index contributed by atoms with van der Waals surface area (Å²) in [6, 6.07) is 1.89. The summed E-state index contributed by atoms with van der Waals surface area (Å²) in [4.78, 5) is 0. The van der Waals surface area contributed by atoms with Gasteiger partial charge in [0.15, 0.2) is 0 Å². The van der Waals surface area contributed by atoms with E-state index >= 15 is 0 Å². The van der Waals surface area contributed by atoms with Crippen LogP contribution in [0.1, 0.15) is 6.92 Å². The highest BCUT2D eigenvalue weighted by molar-refractivity contribution is 9.13. The molecule has 1 aromatic carbocycles. The summed E-state index contributed by atoms with van der Waals surface area (Å²) in [5.74, 6) is 0.678. The van der Waals surface area contributed by atoms with Gasteiger partial charge in [-0.15, -0.1) is 0 Å². The lowest BCUT2D eigenvalue weighted by Gasteiger charge is -2.12. The van der Waals surface area contributed by atoms with Crippen LogP contribution in [-0.4, -0.2) is 14.5 Å². The zero-order valence-corrected chi connectivity index (χ0v) is 11.7. The summed E-state index contributed by atoms with van der Waals surface area (Å²) < 4.78 is 7.95. The average molecular weight is 369 g/mol. The second kappa shape index (κ2) is 4.85. The third-order valence-electron chi connectivity index (χ3n) is 1.45. The molecule has 0 heterocycles. The Labute approximate surface area is 104 Å². The van der Waals surface area contributed by atoms with E-state index < -0.39 is 0 Å². The normalized spacial score (nSPS) is 10.2. The van der Waals surface area contributed by atoms with Crippen LogP contribution in [0.15, 0.2) is 19.5 Å². The fourth-order valence-electron chi connectivity index (χ4n) is 0.888. The maximum Gasteiger partial charge on any atom is 0.127 e. The van der Waals surface area contributed by atoms with Crippen molar-refractivity contribution in [1.29, 1.82) is 0 Å². The largest absolute Gasteiger partial charge is 0.493 e. The van der Waals surface area contributed by atoms with Crippen LogP contribution < -0.4 is 10.2 Å². The van der Waals surface area contributed by atoms with E-state index in [0.717, 1.165) is 13.4 Å². The fraction of sp³-hybridized carbons (Fsp3) is 0.250. The van der Waals surface area contributed by atoms with Crippen molar-refractivity contribution in [1.82, 2.24) is 0 Å². The summed E-state index contributed by atoms with van der Waals surface area (Å²) in [5.41, 5.74) is 0.600. The molecule has 5 heteroatoms. The lowest BCUT2D eigenvalue weighted by molar-refractivity contribution is 0.341. The number of hydrogen-bond acceptors (Lipinski definition) is 1. The van der Waals surface area contributed by atoms with Crippen LogP contribution in [0.3, 0.4) is 0 Å². The quantitative estimate of drug-likeness (QED) is 0.575. The second-order valence-electron chi connectivity index (χ2n) is 2.33. The van der Waals surface area contributed by atoms with E-state index in [4.69, 9.17) is 12.6 Å². The summed E-state index contributed by atoms with van der Waals surface area (Å²) in [6.45, 7) is 2.51. The molecule has 1 rings (SSSR count). The van der Waals surface area contributed by atoms with E-state index in [1.165, 1.54) is 0 Å². The number of hydrogen-bond donors (Lipinski definition) is 0. The Kier molecular flexibility index (Phi) is 4.33. The van der Waals surface area contributed by atoms with Crippen LogP contribution in [0.2, 0.25) is 0 Å². The van der Waals surface area contributed by atoms with Gasteiger partial charge in [-0.25, -0.2) is 0 Å². The number of halogens is 3. The minimum Gasteiger partial charge on any atom is -0.493 e. The molecule has 0 aliphatic heterocycles. The first kappa shape index (κ1) is 11.6. The molecule has 0 bridgehead atoms. The summed E-state index contributed by atoms with van der Waals surface area (Å²) in [5, 5.41) is 0. The Hall–Kier alpha value is 0.525. The molecule has 0 fully saturated rings. The van der Waals surface area contributed by atoms with E-state index in [9.17, 15) is 0 Å². The smallest absolute Gasteiger partial charge is 0.127 e. The van der Waals surface area contributed by atoms with Gasteiger partial charge in [-0.05, 0) is 50.3 Å². The summed E-state index contributed by atoms with van der Waals surface area (Å²) in [7, 11) is 5.84. The van der Waals surface area contributed by atoms with Crippen molar-refractivity contribution < 1.29 is 4.74 Å². The van der Waals surface area contributed by atoms with Crippen LogP contribution in [-0.2, 0) is 0 Å². The fourth-order valence-corrected chi connectivity index (χ4v) is 2.49. The lowest BCUT2D eigenvalue weighted by Crippen LogP contribution is -2.12. The minimum atomic E-state index is 0.594. The minimum absolute atomic E-state index is 0.594. The van der Waals surface area contributed by atoms with Gasteiger partial charge in [0.05, 0.1) is 11.1 Å². The molecule has 13 heavy (non-hydrogen) atoms. The van der Waals surface area contributed by atoms with Gasteiger partial charge in [-0.1, -0.05) is 15.9 Å². The Morgan fingerprint density at radius 1 is 1.31 bits per heavy atom. The predicted molar refractivity (Wildman–Crippen MR) is 66.1 cm³/mol. The molecule has 0 saturated heterocycles. The van der Waals surface area contributed by atoms with Crippen molar-refractivity contribution in [2.45, 2.75) is 6.92 Å². The summed E-state index contributed by atoms with van der Waals surface area (Å²) >= 11 is 10.1. The SMILES string of the molecule is [B]c1c(Br)c(Br)cc(Br)c1OCC. The van der Waals surface area contributed by atoms with Crippen molar-refractivity contribution in [2.75, 3.05) is 6.61 Å². The average Bonchev–Trinajstić information content (AvgIpc) is 2.09. The van der Waals surface area contributed by atoms with Gasteiger partial charge in [0, 0.05) is 8.95 Å². The molecule has 0 saturated carbocycles. The van der Waals surface area contributed by atoms with Crippen LogP contribution in [0.25, 0.3) is 0 Å². The molecule has 0 unspecified atom stereocenters. The molecular weight excluding hydrogens is 363 g/mol. The van der Waals surface area contributed by atoms with Gasteiger partial charge < -0.3 is 4.74 Å². The van der Waals surface area contributed by atoms with E-state index in [1.807, 2.05) is 13.0 Å². The highest BCUT2D eigenvalue weighted by Gasteiger charge is 2.10. The Morgan fingerprint density at radius 2 is 1.92 bits per heavy atom. The molecule has 0 aliphatic carbocycles. The van der Waals surface area contributed by atoms with Crippen LogP contribution >= 0.6 is 47.8 Å². The van der Waals surface area contributed by atoms with Gasteiger partial charge in [0.25, 0.3) is 0 Å². The molecule has 0 N–H and O–H groups in total.